The summed E-state index contributed by atoms with van der Waals surface area (Å²) in [7, 11) is 5.72. The number of amides is 1. The number of likely N-dealkylation sites (N-methyl/N-ethyl adjacent to an activating group) is 2. The van der Waals surface area contributed by atoms with Gasteiger partial charge in [0.1, 0.15) is 24.7 Å². The minimum absolute atomic E-state index is 0.0302. The summed E-state index contributed by atoms with van der Waals surface area (Å²) in [6, 6.07) is 9.21. The number of ether oxygens (including phenoxy) is 5. The number of aliphatic hydroxyl groups excluding tert-OH is 1. The lowest BCUT2D eigenvalue weighted by Crippen LogP contribution is -2.57. The lowest BCUT2D eigenvalue weighted by molar-refractivity contribution is -0.285. The normalized spacial score (nSPS) is 33.0. The van der Waals surface area contributed by atoms with Crippen LogP contribution in [0.5, 0.6) is 0 Å². The fraction of sp³-hybridized carbons (Fsp3) is 0.633. The van der Waals surface area contributed by atoms with Gasteiger partial charge in [-0.25, -0.2) is 14.8 Å². The van der Waals surface area contributed by atoms with Gasteiger partial charge in [0.05, 0.1) is 18.2 Å². The van der Waals surface area contributed by atoms with Gasteiger partial charge in [0.15, 0.2) is 23.5 Å². The minimum atomic E-state index is -1.24. The number of nitrogens with one attached hydrogen (secondary N) is 2. The molecule has 64 heavy (non-hydrogen) atoms. The average Bonchev–Trinajstić information content (AvgIpc) is 3.57. The zero-order chi connectivity index (χ0) is 47.5. The van der Waals surface area contributed by atoms with Crippen LogP contribution < -0.4 is 10.6 Å². The van der Waals surface area contributed by atoms with E-state index in [0.717, 1.165) is 23.5 Å². The molecule has 4 heterocycles. The highest BCUT2D eigenvalue weighted by molar-refractivity contribution is 6.00. The fourth-order valence-corrected chi connectivity index (χ4v) is 9.55. The first kappa shape index (κ1) is 52.1. The first-order valence-electron chi connectivity index (χ1n) is 22.6. The monoisotopic (exact) mass is 892 g/mol. The summed E-state index contributed by atoms with van der Waals surface area (Å²) in [6.07, 6.45) is 6.59. The van der Waals surface area contributed by atoms with Crippen molar-refractivity contribution in [1.82, 2.24) is 25.5 Å². The molecular formula is C49H73N5O10. The van der Waals surface area contributed by atoms with Crippen molar-refractivity contribution in [3.05, 3.63) is 66.0 Å². The summed E-state index contributed by atoms with van der Waals surface area (Å²) in [5.41, 5.74) is 1.18. The molecule has 15 nitrogen and oxygen atoms in total. The second-order valence-corrected chi connectivity index (χ2v) is 18.6. The molecule has 0 spiro atoms. The van der Waals surface area contributed by atoms with Crippen molar-refractivity contribution in [3.63, 3.8) is 0 Å². The number of aromatic nitrogens is 2. The second kappa shape index (κ2) is 23.1. The molecule has 0 radical (unpaired) electrons. The van der Waals surface area contributed by atoms with Crippen molar-refractivity contribution in [2.24, 2.45) is 29.1 Å². The Morgan fingerprint density at radius 3 is 2.28 bits per heavy atom. The molecule has 3 saturated heterocycles. The number of carbonyl (C=O) groups is 4. The lowest BCUT2D eigenvalue weighted by Gasteiger charge is -2.47. The molecule has 0 aliphatic carbocycles. The van der Waals surface area contributed by atoms with Crippen LogP contribution in [-0.2, 0) is 38.1 Å². The van der Waals surface area contributed by atoms with Crippen molar-refractivity contribution in [2.75, 3.05) is 34.3 Å². The van der Waals surface area contributed by atoms with Gasteiger partial charge in [-0.15, -0.1) is 0 Å². The molecule has 3 N–H and O–H groups in total. The van der Waals surface area contributed by atoms with E-state index < -0.39 is 71.5 Å². The number of fused-ring (bicyclic) bond motifs is 1. The highest BCUT2D eigenvalue weighted by atomic mass is 16.7. The van der Waals surface area contributed by atoms with E-state index >= 15 is 0 Å². The number of cyclic esters (lactones) is 1. The number of hydrogen-bond acceptors (Lipinski definition) is 14. The number of Topliss-reactive ketones (excluding diaryl/α,β-unsaturated/α-hetero) is 1. The van der Waals surface area contributed by atoms with Crippen LogP contribution in [0, 0.1) is 29.1 Å². The molecule has 2 aromatic rings. The van der Waals surface area contributed by atoms with Crippen LogP contribution in [0.4, 0.5) is 4.79 Å². The molecule has 1 aromatic heterocycles. The van der Waals surface area contributed by atoms with Crippen LogP contribution in [0.15, 0.2) is 60.5 Å². The van der Waals surface area contributed by atoms with E-state index in [9.17, 15) is 24.3 Å². The quantitative estimate of drug-likeness (QED) is 0.103. The molecule has 1 amide bonds. The molecule has 3 aliphatic rings. The van der Waals surface area contributed by atoms with E-state index in [4.69, 9.17) is 23.7 Å². The summed E-state index contributed by atoms with van der Waals surface area (Å²) >= 11 is 0. The predicted octanol–water partition coefficient (Wildman–Crippen LogP) is 6.40. The largest absolute Gasteiger partial charge is 0.462 e. The molecular weight excluding hydrogens is 819 g/mol. The minimum Gasteiger partial charge on any atom is -0.462 e. The smallest absolute Gasteiger partial charge is 0.408 e. The number of nitrogens with zero attached hydrogens (tertiary/aromatic N) is 3. The Morgan fingerprint density at radius 2 is 1.69 bits per heavy atom. The maximum atomic E-state index is 14.1. The Balaban J connectivity index is 0.000000438. The Morgan fingerprint density at radius 1 is 1.03 bits per heavy atom. The zero-order valence-corrected chi connectivity index (χ0v) is 40.1. The summed E-state index contributed by atoms with van der Waals surface area (Å²) in [5.74, 6) is -3.13. The van der Waals surface area contributed by atoms with Crippen LogP contribution in [0.3, 0.4) is 0 Å². The zero-order valence-electron chi connectivity index (χ0n) is 40.1. The van der Waals surface area contributed by atoms with E-state index in [0.29, 0.717) is 19.3 Å². The second-order valence-electron chi connectivity index (χ2n) is 18.6. The van der Waals surface area contributed by atoms with Gasteiger partial charge in [0, 0.05) is 49.3 Å². The standard InChI is InChI=1S/C35H58N2O10.C14H15N3/c1-13-26-35(10)29(36-33(42)47-35)20(4)24(14-15-43-23(7)38)18(2)17-34(8,9)30(21(5)27(39)22(6)31(41)45-26)46-32-28(40)25(37(11)12)16-19(3)44-32;1-15-9-2-4-12-5-7-13(8-6-12)14-16-10-3-11-17-14/h14,18-22,25-26,28-30,32,40H,13,15-17H2,1-12H3,(H,36,42);2-8,10-11,15H,9H2,1H3/b24-14+;4-2+/t18-,19-,20+,21+,22-,25+,26-,28-,29-,30-,32+,35-;/m1./s1. The Kier molecular flexibility index (Phi) is 18.8. The van der Waals surface area contributed by atoms with Crippen LogP contribution in [0.25, 0.3) is 17.5 Å². The molecule has 12 atom stereocenters. The summed E-state index contributed by atoms with van der Waals surface area (Å²) < 4.78 is 30.0. The third kappa shape index (κ3) is 13.1. The first-order valence-corrected chi connectivity index (χ1v) is 22.6. The molecule has 1 aromatic carbocycles. The van der Waals surface area contributed by atoms with Gasteiger partial charge in [-0.3, -0.25) is 14.4 Å². The molecule has 3 aliphatic heterocycles. The molecule has 0 saturated carbocycles. The fourth-order valence-electron chi connectivity index (χ4n) is 9.55. The molecule has 354 valence electrons. The maximum absolute atomic E-state index is 14.1. The van der Waals surface area contributed by atoms with E-state index in [1.54, 1.807) is 26.2 Å². The SMILES string of the molecule is CC[C@H]1OC(=O)[C@H](C)C(=O)[C@H](C)[C@@H](O[C@@H]2O[C@H](C)C[C@H](N(C)C)[C@H]2O)C(C)(C)C[C@@H](C)/C(=C\COC(C)=O)[C@H](C)[C@H]2NC(=O)O[C@@]21C.CNC/C=C/c1ccc(-c2ncccn2)cc1. The molecule has 15 heteroatoms. The number of aliphatic hydroxyl groups is 1. The topological polar surface area (TPSA) is 188 Å². The van der Waals surface area contributed by atoms with Crippen molar-refractivity contribution in [2.45, 2.75) is 137 Å². The van der Waals surface area contributed by atoms with Crippen molar-refractivity contribution < 1.29 is 48.0 Å². The summed E-state index contributed by atoms with van der Waals surface area (Å²) in [5, 5.41) is 17.4. The molecule has 0 unspecified atom stereocenters. The van der Waals surface area contributed by atoms with E-state index in [2.05, 4.69) is 51.8 Å². The molecule has 0 bridgehead atoms. The number of carbonyl (C=O) groups excluding carboxylic acids is 4. The first-order chi connectivity index (χ1) is 30.1. The number of benzene rings is 1. The summed E-state index contributed by atoms with van der Waals surface area (Å²) in [4.78, 5) is 62.6. The Hall–Kier alpha value is -4.54. The van der Waals surface area contributed by atoms with Crippen LogP contribution in [0.1, 0.15) is 94.1 Å². The average molecular weight is 892 g/mol. The third-order valence-corrected chi connectivity index (χ3v) is 12.9. The number of rotatable bonds is 10. The Labute approximate surface area is 380 Å². The van der Waals surface area contributed by atoms with Gasteiger partial charge in [-0.05, 0) is 90.2 Å². The summed E-state index contributed by atoms with van der Waals surface area (Å²) in [6.45, 7) is 19.1. The van der Waals surface area contributed by atoms with Crippen LogP contribution >= 0.6 is 0 Å². The Bertz CT molecular complexity index is 1920. The van der Waals surface area contributed by atoms with Gasteiger partial charge >= 0.3 is 18.0 Å². The van der Waals surface area contributed by atoms with Crippen LogP contribution in [-0.4, -0.2) is 126 Å². The van der Waals surface area contributed by atoms with E-state index in [1.165, 1.54) is 19.4 Å². The molecule has 3 fully saturated rings. The predicted molar refractivity (Wildman–Crippen MR) is 244 cm³/mol. The van der Waals surface area contributed by atoms with Gasteiger partial charge in [-0.1, -0.05) is 83.5 Å². The van der Waals surface area contributed by atoms with Gasteiger partial charge in [0.25, 0.3) is 0 Å². The van der Waals surface area contributed by atoms with E-state index in [-0.39, 0.29) is 36.4 Å². The van der Waals surface area contributed by atoms with E-state index in [1.807, 2.05) is 84.9 Å². The molecule has 5 rings (SSSR count). The highest BCUT2D eigenvalue weighted by Gasteiger charge is 2.56. The van der Waals surface area contributed by atoms with Gasteiger partial charge in [-0.2, -0.15) is 0 Å². The van der Waals surface area contributed by atoms with Crippen LogP contribution in [0.2, 0.25) is 0 Å². The maximum Gasteiger partial charge on any atom is 0.408 e. The number of ketones is 1. The number of esters is 2. The van der Waals surface area contributed by atoms with Crippen molar-refractivity contribution in [3.8, 4) is 11.4 Å². The highest BCUT2D eigenvalue weighted by Crippen LogP contribution is 2.44. The van der Waals surface area contributed by atoms with Gasteiger partial charge < -0.3 is 44.3 Å². The van der Waals surface area contributed by atoms with Crippen molar-refractivity contribution >= 4 is 29.9 Å². The van der Waals surface area contributed by atoms with Gasteiger partial charge in [0.2, 0.25) is 0 Å². The number of alkyl carbamates (subject to hydrolysis) is 1. The van der Waals surface area contributed by atoms with Crippen molar-refractivity contribution in [1.29, 1.82) is 0 Å². The number of hydrogen-bond donors (Lipinski definition) is 3. The lowest BCUT2D eigenvalue weighted by atomic mass is 9.68. The third-order valence-electron chi connectivity index (χ3n) is 12.9.